The van der Waals surface area contributed by atoms with Crippen LogP contribution in [0.1, 0.15) is 16.1 Å². The molecule has 2 atom stereocenters. The molecule has 0 aliphatic carbocycles. The number of nitrogen functional groups attached to an aromatic ring is 1. The zero-order valence-electron chi connectivity index (χ0n) is 18.2. The van der Waals surface area contributed by atoms with E-state index >= 15 is 0 Å². The highest BCUT2D eigenvalue weighted by atomic mass is 32.2. The topological polar surface area (TPSA) is 163 Å². The third-order valence-electron chi connectivity index (χ3n) is 4.89. The molecule has 1 fully saturated rings. The van der Waals surface area contributed by atoms with Crippen LogP contribution < -0.4 is 11.1 Å². The van der Waals surface area contributed by atoms with E-state index < -0.39 is 42.0 Å². The number of amides is 2. The largest absolute Gasteiger partial charge is 0.424 e. The molecule has 14 heteroatoms. The highest BCUT2D eigenvalue weighted by molar-refractivity contribution is 8.00. The van der Waals surface area contributed by atoms with Crippen LogP contribution in [0.15, 0.2) is 52.6 Å². The summed E-state index contributed by atoms with van der Waals surface area (Å²) in [6, 6.07) is 7.32. The van der Waals surface area contributed by atoms with Crippen molar-refractivity contribution in [3.8, 4) is 0 Å². The number of hydrogen-bond donors (Lipinski definition) is 2. The number of esters is 2. The maximum absolute atomic E-state index is 12.8. The van der Waals surface area contributed by atoms with Crippen LogP contribution in [-0.4, -0.2) is 70.4 Å². The standard InChI is InChI=1S/C21H19N5O7S2/c1-31-25-14(12-9-35-21(22)23-12)16(27)24-15-17(28)26-13(7-8-34-18(15)26)20(30)33-10-32-19(29)11-5-3-2-4-6-11/h2-7,9,15,18H,8,10H2,1H3,(H2,22,23)(H,24,27)/b25-14-/t15-,18-/m1/s1. The van der Waals surface area contributed by atoms with Gasteiger partial charge in [-0.25, -0.2) is 14.6 Å². The maximum atomic E-state index is 12.8. The highest BCUT2D eigenvalue weighted by Crippen LogP contribution is 2.37. The van der Waals surface area contributed by atoms with Crippen LogP contribution in [0.25, 0.3) is 0 Å². The number of aromatic nitrogens is 1. The first kappa shape index (κ1) is 24.2. The van der Waals surface area contributed by atoms with Gasteiger partial charge in [0, 0.05) is 11.1 Å². The van der Waals surface area contributed by atoms with Crippen LogP contribution in [0.4, 0.5) is 5.13 Å². The second-order valence-corrected chi connectivity index (χ2v) is 9.05. The number of oxime groups is 1. The molecule has 4 rings (SSSR count). The molecule has 0 radical (unpaired) electrons. The van der Waals surface area contributed by atoms with E-state index in [1.54, 1.807) is 35.7 Å². The monoisotopic (exact) mass is 517 g/mol. The molecule has 1 saturated heterocycles. The minimum atomic E-state index is -0.905. The van der Waals surface area contributed by atoms with Crippen molar-refractivity contribution in [3.63, 3.8) is 0 Å². The van der Waals surface area contributed by atoms with Gasteiger partial charge in [0.25, 0.3) is 11.8 Å². The van der Waals surface area contributed by atoms with E-state index in [1.807, 2.05) is 0 Å². The maximum Gasteiger partial charge on any atom is 0.357 e. The molecule has 0 bridgehead atoms. The molecule has 0 spiro atoms. The van der Waals surface area contributed by atoms with Crippen molar-refractivity contribution >= 4 is 57.7 Å². The predicted molar refractivity (Wildman–Crippen MR) is 126 cm³/mol. The zero-order chi connectivity index (χ0) is 24.9. The number of thiazole rings is 1. The van der Waals surface area contributed by atoms with Gasteiger partial charge in [0.1, 0.15) is 29.9 Å². The molecule has 2 aliphatic rings. The van der Waals surface area contributed by atoms with Gasteiger partial charge in [-0.1, -0.05) is 23.4 Å². The van der Waals surface area contributed by atoms with Gasteiger partial charge in [-0.2, -0.15) is 0 Å². The fourth-order valence-corrected chi connectivity index (χ4v) is 5.04. The third kappa shape index (κ3) is 5.12. The number of nitrogens with two attached hydrogens (primary N) is 1. The molecule has 35 heavy (non-hydrogen) atoms. The van der Waals surface area contributed by atoms with Crippen molar-refractivity contribution in [1.82, 2.24) is 15.2 Å². The first-order valence-corrected chi connectivity index (χ1v) is 12.0. The summed E-state index contributed by atoms with van der Waals surface area (Å²) >= 11 is 2.48. The van der Waals surface area contributed by atoms with E-state index in [-0.39, 0.29) is 22.2 Å². The fraction of sp³-hybridized carbons (Fsp3) is 0.238. The van der Waals surface area contributed by atoms with Crippen molar-refractivity contribution in [1.29, 1.82) is 0 Å². The first-order valence-electron chi connectivity index (χ1n) is 10.1. The first-order chi connectivity index (χ1) is 16.9. The lowest BCUT2D eigenvalue weighted by atomic mass is 10.0. The van der Waals surface area contributed by atoms with E-state index in [1.165, 1.54) is 29.8 Å². The van der Waals surface area contributed by atoms with Gasteiger partial charge in [0.2, 0.25) is 6.79 Å². The van der Waals surface area contributed by atoms with Crippen LogP contribution in [0.2, 0.25) is 0 Å². The summed E-state index contributed by atoms with van der Waals surface area (Å²) < 4.78 is 9.98. The Morgan fingerprint density at radius 2 is 1.97 bits per heavy atom. The van der Waals surface area contributed by atoms with Crippen molar-refractivity contribution in [2.75, 3.05) is 25.4 Å². The van der Waals surface area contributed by atoms with E-state index in [9.17, 15) is 19.2 Å². The van der Waals surface area contributed by atoms with Gasteiger partial charge in [0.05, 0.1) is 5.56 Å². The Kier molecular flexibility index (Phi) is 7.31. The quantitative estimate of drug-likeness (QED) is 0.168. The average Bonchev–Trinajstić information content (AvgIpc) is 3.31. The summed E-state index contributed by atoms with van der Waals surface area (Å²) in [7, 11) is 1.27. The van der Waals surface area contributed by atoms with E-state index in [0.717, 1.165) is 11.3 Å². The Balaban J connectivity index is 1.34. The molecule has 12 nitrogen and oxygen atoms in total. The number of fused-ring (bicyclic) bond motifs is 1. The number of hydrogen-bond acceptors (Lipinski definition) is 12. The van der Waals surface area contributed by atoms with Gasteiger partial charge in [-0.05, 0) is 18.2 Å². The van der Waals surface area contributed by atoms with E-state index in [0.29, 0.717) is 11.3 Å². The van der Waals surface area contributed by atoms with Crippen molar-refractivity contribution < 1.29 is 33.5 Å². The smallest absolute Gasteiger partial charge is 0.357 e. The number of β-lactam (4-membered cyclic amide) rings is 1. The highest BCUT2D eigenvalue weighted by Gasteiger charge is 2.53. The number of carbonyl (C=O) groups is 4. The molecule has 3 heterocycles. The third-order valence-corrected chi connectivity index (χ3v) is 6.75. The molecule has 1 aromatic carbocycles. The number of rotatable bonds is 8. The summed E-state index contributed by atoms with van der Waals surface area (Å²) in [6.07, 6.45) is 1.54. The number of ether oxygens (including phenoxy) is 2. The van der Waals surface area contributed by atoms with Crippen molar-refractivity contribution in [3.05, 3.63) is 58.7 Å². The van der Waals surface area contributed by atoms with Crippen LogP contribution in [0.5, 0.6) is 0 Å². The van der Waals surface area contributed by atoms with Gasteiger partial charge < -0.3 is 25.4 Å². The predicted octanol–water partition coefficient (Wildman–Crippen LogP) is 0.717. The van der Waals surface area contributed by atoms with Crippen molar-refractivity contribution in [2.24, 2.45) is 5.16 Å². The number of nitrogens with one attached hydrogen (secondary N) is 1. The second kappa shape index (κ2) is 10.6. The second-order valence-electron chi connectivity index (χ2n) is 7.01. The molecule has 2 aromatic rings. The lowest BCUT2D eigenvalue weighted by Gasteiger charge is -2.48. The van der Waals surface area contributed by atoms with Gasteiger partial charge in [-0.3, -0.25) is 14.5 Å². The summed E-state index contributed by atoms with van der Waals surface area (Å²) in [5, 5.41) is 7.55. The minimum Gasteiger partial charge on any atom is -0.424 e. The summed E-state index contributed by atoms with van der Waals surface area (Å²) in [5.74, 6) is -2.26. The van der Waals surface area contributed by atoms with Crippen LogP contribution in [0.3, 0.4) is 0 Å². The zero-order valence-corrected chi connectivity index (χ0v) is 19.8. The molecule has 2 aliphatic heterocycles. The van der Waals surface area contributed by atoms with Crippen molar-refractivity contribution in [2.45, 2.75) is 11.4 Å². The minimum absolute atomic E-state index is 0.0121. The van der Waals surface area contributed by atoms with E-state index in [4.69, 9.17) is 20.0 Å². The van der Waals surface area contributed by atoms with Gasteiger partial charge >= 0.3 is 11.9 Å². The number of carbonyl (C=O) groups excluding carboxylic acids is 4. The molecule has 0 unspecified atom stereocenters. The Morgan fingerprint density at radius 3 is 2.66 bits per heavy atom. The molecule has 0 saturated carbocycles. The molecular weight excluding hydrogens is 498 g/mol. The summed E-state index contributed by atoms with van der Waals surface area (Å²) in [5.41, 5.74) is 6.02. The average molecular weight is 518 g/mol. The normalized spacial score (nSPS) is 19.1. The van der Waals surface area contributed by atoms with Gasteiger partial charge in [-0.15, -0.1) is 23.1 Å². The summed E-state index contributed by atoms with van der Waals surface area (Å²) in [6.45, 7) is -0.614. The number of thioether (sulfide) groups is 1. The number of nitrogens with zero attached hydrogens (tertiary/aromatic N) is 3. The molecule has 2 amide bonds. The van der Waals surface area contributed by atoms with Crippen LogP contribution in [-0.2, 0) is 28.7 Å². The number of anilines is 1. The Bertz CT molecular complexity index is 1210. The Hall–Kier alpha value is -3.91. The Labute approximate surface area is 207 Å². The molecule has 3 N–H and O–H groups in total. The lowest BCUT2D eigenvalue weighted by Crippen LogP contribution is -2.70. The summed E-state index contributed by atoms with van der Waals surface area (Å²) in [4.78, 5) is 60.0. The Morgan fingerprint density at radius 1 is 1.23 bits per heavy atom. The van der Waals surface area contributed by atoms with Crippen LogP contribution >= 0.6 is 23.1 Å². The van der Waals surface area contributed by atoms with Gasteiger partial charge in [0.15, 0.2) is 10.8 Å². The number of benzene rings is 1. The van der Waals surface area contributed by atoms with Crippen LogP contribution in [0, 0.1) is 0 Å². The van der Waals surface area contributed by atoms with E-state index in [2.05, 4.69) is 15.5 Å². The fourth-order valence-electron chi connectivity index (χ4n) is 3.30. The molecule has 182 valence electrons. The molecular formula is C21H19N5O7S2. The SMILES string of the molecule is CO/N=C(\C(=O)N[C@@H]1C(=O)N2C(C(=O)OCOC(=O)c3ccccc3)=CCS[C@H]12)c1csc(N)n1. The molecule has 1 aromatic heterocycles. The lowest BCUT2D eigenvalue weighted by molar-refractivity contribution is -0.156.